The fraction of sp³-hybridized carbons (Fsp3) is 0.667. The van der Waals surface area contributed by atoms with Gasteiger partial charge in [0.2, 0.25) is 17.7 Å². The van der Waals surface area contributed by atoms with Crippen molar-refractivity contribution in [3.8, 4) is 0 Å². The molecule has 280 valence electrons. The van der Waals surface area contributed by atoms with Crippen molar-refractivity contribution in [3.63, 3.8) is 0 Å². The van der Waals surface area contributed by atoms with Crippen LogP contribution >= 0.6 is 37.2 Å². The molecule has 0 saturated heterocycles. The van der Waals surface area contributed by atoms with Gasteiger partial charge >= 0.3 is 6.09 Å². The van der Waals surface area contributed by atoms with Gasteiger partial charge in [0.15, 0.2) is 0 Å². The van der Waals surface area contributed by atoms with E-state index in [0.717, 1.165) is 5.56 Å². The van der Waals surface area contributed by atoms with Crippen molar-refractivity contribution in [2.75, 3.05) is 78.9 Å². The monoisotopic (exact) mass is 747 g/mol. The lowest BCUT2D eigenvalue weighted by molar-refractivity contribution is -0.122. The predicted octanol–water partition coefficient (Wildman–Crippen LogP) is 0.532. The third-order valence-electron chi connectivity index (χ3n) is 6.24. The molecule has 0 heterocycles. The summed E-state index contributed by atoms with van der Waals surface area (Å²) in [6.07, 6.45) is 1.51. The highest BCUT2D eigenvalue weighted by atomic mass is 35.5. The van der Waals surface area contributed by atoms with Crippen LogP contribution in [0.1, 0.15) is 44.1 Å². The van der Waals surface area contributed by atoms with Gasteiger partial charge in [0.05, 0.1) is 39.6 Å². The van der Waals surface area contributed by atoms with Crippen LogP contribution in [0.15, 0.2) is 30.3 Å². The second-order valence-electron chi connectivity index (χ2n) is 10.4. The van der Waals surface area contributed by atoms with Crippen LogP contribution in [0.4, 0.5) is 4.79 Å². The molecular weight excluding hydrogens is 693 g/mol. The van der Waals surface area contributed by atoms with E-state index in [9.17, 15) is 19.2 Å². The molecule has 18 heteroatoms. The minimum absolute atomic E-state index is 0. The van der Waals surface area contributed by atoms with Crippen LogP contribution in [-0.2, 0) is 39.9 Å². The number of hydrogen-bond donors (Lipinski definition) is 7. The summed E-state index contributed by atoms with van der Waals surface area (Å²) < 4.78 is 22.9. The third-order valence-corrected chi connectivity index (χ3v) is 6.24. The van der Waals surface area contributed by atoms with E-state index >= 15 is 0 Å². The fourth-order valence-electron chi connectivity index (χ4n) is 3.76. The first kappa shape index (κ1) is 49.9. The van der Waals surface area contributed by atoms with Gasteiger partial charge in [-0.05, 0) is 44.5 Å². The van der Waals surface area contributed by atoms with Gasteiger partial charge < -0.3 is 57.4 Å². The molecule has 0 radical (unpaired) electrons. The Morgan fingerprint density at radius 3 is 1.33 bits per heavy atom. The van der Waals surface area contributed by atoms with Gasteiger partial charge in [-0.15, -0.1) is 37.2 Å². The number of amides is 4. The summed E-state index contributed by atoms with van der Waals surface area (Å²) >= 11 is 0. The first-order valence-electron chi connectivity index (χ1n) is 15.5. The number of carbonyl (C=O) groups is 4. The first-order chi connectivity index (χ1) is 21.8. The SMILES string of the molecule is Cl.Cl.Cl.NCCCNC(=O)CCOCC(COCCC(=O)NCCCN)(COCCC(=O)NCCCN)NC(=O)OCc1ccccc1. The van der Waals surface area contributed by atoms with E-state index < -0.39 is 11.6 Å². The minimum atomic E-state index is -1.27. The van der Waals surface area contributed by atoms with E-state index in [2.05, 4.69) is 21.3 Å². The zero-order valence-electron chi connectivity index (χ0n) is 27.5. The van der Waals surface area contributed by atoms with Crippen molar-refractivity contribution in [1.82, 2.24) is 21.3 Å². The predicted molar refractivity (Wildman–Crippen MR) is 191 cm³/mol. The second-order valence-corrected chi connectivity index (χ2v) is 10.4. The van der Waals surface area contributed by atoms with Crippen LogP contribution in [0.3, 0.4) is 0 Å². The molecule has 0 spiro atoms. The highest BCUT2D eigenvalue weighted by Crippen LogP contribution is 2.12. The summed E-state index contributed by atoms with van der Waals surface area (Å²) in [4.78, 5) is 49.3. The lowest BCUT2D eigenvalue weighted by Gasteiger charge is -2.33. The number of ether oxygens (including phenoxy) is 4. The Kier molecular flexibility index (Phi) is 34.4. The number of nitrogens with two attached hydrogens (primary N) is 3. The van der Waals surface area contributed by atoms with Crippen molar-refractivity contribution in [2.45, 2.75) is 50.7 Å². The van der Waals surface area contributed by atoms with Gasteiger partial charge in [-0.3, -0.25) is 14.4 Å². The Morgan fingerprint density at radius 1 is 0.604 bits per heavy atom. The van der Waals surface area contributed by atoms with Gasteiger partial charge in [0, 0.05) is 38.9 Å². The van der Waals surface area contributed by atoms with Gasteiger partial charge in [-0.25, -0.2) is 4.79 Å². The summed E-state index contributed by atoms with van der Waals surface area (Å²) in [5.41, 5.74) is 15.9. The summed E-state index contributed by atoms with van der Waals surface area (Å²) in [6, 6.07) is 9.18. The summed E-state index contributed by atoms with van der Waals surface area (Å²) in [5.74, 6) is -0.589. The van der Waals surface area contributed by atoms with Crippen molar-refractivity contribution in [2.24, 2.45) is 17.2 Å². The highest BCUT2D eigenvalue weighted by molar-refractivity contribution is 5.86. The molecule has 4 amide bonds. The number of rotatable bonds is 27. The smallest absolute Gasteiger partial charge is 0.408 e. The largest absolute Gasteiger partial charge is 0.445 e. The molecule has 0 unspecified atom stereocenters. The fourth-order valence-corrected chi connectivity index (χ4v) is 3.76. The topological polar surface area (TPSA) is 231 Å². The van der Waals surface area contributed by atoms with E-state index in [1.54, 1.807) is 0 Å². The first-order valence-corrected chi connectivity index (χ1v) is 15.5. The number of halogens is 3. The van der Waals surface area contributed by atoms with Gasteiger partial charge in [-0.1, -0.05) is 30.3 Å². The number of nitrogens with one attached hydrogen (secondary N) is 4. The van der Waals surface area contributed by atoms with Crippen LogP contribution in [-0.4, -0.2) is 108 Å². The Labute approximate surface area is 302 Å². The number of alkyl carbamates (subject to hydrolysis) is 1. The van der Waals surface area contributed by atoms with Gasteiger partial charge in [0.25, 0.3) is 0 Å². The van der Waals surface area contributed by atoms with Crippen LogP contribution in [0.5, 0.6) is 0 Å². The molecular formula is C30H56Cl3N7O8. The molecule has 15 nitrogen and oxygen atoms in total. The van der Waals surface area contributed by atoms with Crippen molar-refractivity contribution >= 4 is 61.0 Å². The number of hydrogen-bond acceptors (Lipinski definition) is 11. The van der Waals surface area contributed by atoms with Crippen molar-refractivity contribution < 1.29 is 38.1 Å². The van der Waals surface area contributed by atoms with Crippen LogP contribution in [0.25, 0.3) is 0 Å². The Hall–Kier alpha value is -2.47. The van der Waals surface area contributed by atoms with Crippen molar-refractivity contribution in [3.05, 3.63) is 35.9 Å². The van der Waals surface area contributed by atoms with E-state index in [4.69, 9.17) is 36.1 Å². The molecule has 0 aliphatic rings. The lowest BCUT2D eigenvalue weighted by Crippen LogP contribution is -2.59. The Balaban J connectivity index is -0.00000675. The van der Waals surface area contributed by atoms with E-state index in [0.29, 0.717) is 58.5 Å². The molecule has 0 atom stereocenters. The average Bonchev–Trinajstić information content (AvgIpc) is 3.03. The molecule has 48 heavy (non-hydrogen) atoms. The average molecular weight is 749 g/mol. The Morgan fingerprint density at radius 2 is 0.979 bits per heavy atom. The third kappa shape index (κ3) is 26.5. The van der Waals surface area contributed by atoms with E-state index in [1.165, 1.54) is 0 Å². The standard InChI is InChI=1S/C30H53N7O8.3ClH/c31-12-4-15-34-26(38)9-18-42-22-30(23-43-19-10-27(39)35-16-5-13-32,24-44-20-11-28(40)36-17-6-14-33)37-29(41)45-21-25-7-2-1-3-8-25;;;/h1-3,7-8H,4-6,9-24,31-33H2,(H,34,38)(H,35,39)(H,36,40)(H,37,41);3*1H. The molecule has 0 aliphatic heterocycles. The molecule has 1 aromatic carbocycles. The summed E-state index contributed by atoms with van der Waals surface area (Å²) in [6.45, 7) is 2.71. The summed E-state index contributed by atoms with van der Waals surface area (Å²) in [5, 5.41) is 11.1. The quantitative estimate of drug-likeness (QED) is 0.0614. The molecule has 0 bridgehead atoms. The normalized spacial score (nSPS) is 10.4. The van der Waals surface area contributed by atoms with Crippen LogP contribution in [0, 0.1) is 0 Å². The minimum Gasteiger partial charge on any atom is -0.445 e. The maximum absolute atomic E-state index is 13.0. The molecule has 0 aliphatic carbocycles. The van der Waals surface area contributed by atoms with E-state index in [-0.39, 0.29) is 120 Å². The molecule has 1 aromatic rings. The Bertz CT molecular complexity index is 898. The maximum atomic E-state index is 13.0. The zero-order valence-corrected chi connectivity index (χ0v) is 30.0. The molecule has 0 fully saturated rings. The maximum Gasteiger partial charge on any atom is 0.408 e. The highest BCUT2D eigenvalue weighted by Gasteiger charge is 2.35. The van der Waals surface area contributed by atoms with Crippen LogP contribution in [0.2, 0.25) is 0 Å². The lowest BCUT2D eigenvalue weighted by atomic mass is 10.0. The molecule has 0 saturated carbocycles. The van der Waals surface area contributed by atoms with E-state index in [1.807, 2.05) is 30.3 Å². The molecule has 10 N–H and O–H groups in total. The molecule has 0 aromatic heterocycles. The molecule has 1 rings (SSSR count). The van der Waals surface area contributed by atoms with Crippen LogP contribution < -0.4 is 38.5 Å². The van der Waals surface area contributed by atoms with Crippen molar-refractivity contribution in [1.29, 1.82) is 0 Å². The number of benzene rings is 1. The zero-order chi connectivity index (χ0) is 33.0. The van der Waals surface area contributed by atoms with Gasteiger partial charge in [0.1, 0.15) is 12.1 Å². The van der Waals surface area contributed by atoms with Gasteiger partial charge in [-0.2, -0.15) is 0 Å². The number of carbonyl (C=O) groups excluding carboxylic acids is 4. The summed E-state index contributed by atoms with van der Waals surface area (Å²) in [7, 11) is 0. The second kappa shape index (κ2) is 33.0.